The number of benzene rings is 4. The van der Waals surface area contributed by atoms with Crippen LogP contribution >= 0.6 is 0 Å². The fourth-order valence-electron chi connectivity index (χ4n) is 5.94. The van der Waals surface area contributed by atoms with Crippen LogP contribution in [-0.4, -0.2) is 26.6 Å². The van der Waals surface area contributed by atoms with Gasteiger partial charge in [-0.15, -0.1) is 0 Å². The number of carbonyl (C=O) groups is 1. The van der Waals surface area contributed by atoms with Crippen molar-refractivity contribution in [1.29, 1.82) is 0 Å². The highest BCUT2D eigenvalue weighted by Crippen LogP contribution is 2.54. The van der Waals surface area contributed by atoms with Crippen LogP contribution in [0.1, 0.15) is 58.3 Å². The van der Waals surface area contributed by atoms with Crippen molar-refractivity contribution < 1.29 is 48.7 Å². The molecule has 4 nitrogen and oxygen atoms in total. The van der Waals surface area contributed by atoms with E-state index in [1.54, 1.807) is 30.3 Å². The van der Waals surface area contributed by atoms with Crippen molar-refractivity contribution in [3.05, 3.63) is 137 Å². The zero-order chi connectivity index (χ0) is 33.4. The summed E-state index contributed by atoms with van der Waals surface area (Å²) < 4.78 is 131. The number of rotatable bonds is 9. The van der Waals surface area contributed by atoms with E-state index in [-0.39, 0.29) is 40.2 Å². The molecule has 1 fully saturated rings. The topological polar surface area (TPSA) is 60.4 Å². The predicted octanol–water partition coefficient (Wildman–Crippen LogP) is 8.84. The fraction of sp³-hybridized carbons (Fsp3) is 0.265. The Hall–Kier alpha value is -4.03. The van der Waals surface area contributed by atoms with E-state index < -0.39 is 50.5 Å². The van der Waals surface area contributed by atoms with Crippen LogP contribution in [0, 0.1) is 5.82 Å². The lowest BCUT2D eigenvalue weighted by Crippen LogP contribution is -2.55. The van der Waals surface area contributed by atoms with E-state index >= 15 is 0 Å². The summed E-state index contributed by atoms with van der Waals surface area (Å²) in [6.07, 6.45) is -10.9. The van der Waals surface area contributed by atoms with Gasteiger partial charge in [0, 0.05) is 16.7 Å². The summed E-state index contributed by atoms with van der Waals surface area (Å²) in [5, 5.41) is 0. The van der Waals surface area contributed by atoms with Crippen molar-refractivity contribution in [3.63, 3.8) is 0 Å². The van der Waals surface area contributed by atoms with Crippen LogP contribution in [0.3, 0.4) is 0 Å². The van der Waals surface area contributed by atoms with E-state index in [9.17, 15) is 43.9 Å². The second-order valence-corrected chi connectivity index (χ2v) is 13.4. The summed E-state index contributed by atoms with van der Waals surface area (Å²) in [5.74, 6) is -1.05. The number of ether oxygens (including phenoxy) is 1. The lowest BCUT2D eigenvalue weighted by atomic mass is 9.88. The van der Waals surface area contributed by atoms with Gasteiger partial charge in [-0.1, -0.05) is 91.7 Å². The largest absolute Gasteiger partial charge is 0.430 e. The molecule has 1 aliphatic rings. The molecule has 242 valence electrons. The van der Waals surface area contributed by atoms with E-state index in [4.69, 9.17) is 4.74 Å². The molecular formula is C34H27F7O4S. The molecule has 0 N–H and O–H groups in total. The number of halogens is 7. The van der Waals surface area contributed by atoms with Crippen LogP contribution in [0.4, 0.5) is 30.7 Å². The van der Waals surface area contributed by atoms with Crippen molar-refractivity contribution in [3.8, 4) is 0 Å². The Morgan fingerprint density at radius 2 is 1.22 bits per heavy atom. The number of carbonyl (C=O) groups excluding carboxylic acids is 1. The number of sulfone groups is 1. The van der Waals surface area contributed by atoms with Crippen molar-refractivity contribution in [2.45, 2.75) is 59.9 Å². The maximum absolute atomic E-state index is 14.5. The normalized spacial score (nSPS) is 15.5. The standard InChI is InChI=1S/C34H27F7O4S/c35-28-16-18-29(19-17-28)46(43,44)31(20-4-5-21-31)26-12-14-27(15-13-26)32(33(36,37)38,34(39,40)41)45-22-23-8-10-25(11-9-23)30(42)24-6-2-1-3-7-24/h1-3,6-19H,4-5,20-22H2. The Morgan fingerprint density at radius 3 is 1.74 bits per heavy atom. The summed E-state index contributed by atoms with van der Waals surface area (Å²) >= 11 is 0. The first-order chi connectivity index (χ1) is 21.6. The third-order valence-electron chi connectivity index (χ3n) is 8.37. The quantitative estimate of drug-likeness (QED) is 0.102. The van der Waals surface area contributed by atoms with Gasteiger partial charge in [0.05, 0.1) is 11.5 Å². The van der Waals surface area contributed by atoms with Crippen LogP contribution in [0.5, 0.6) is 0 Å². The van der Waals surface area contributed by atoms with Gasteiger partial charge in [0.15, 0.2) is 15.6 Å². The monoisotopic (exact) mass is 664 g/mol. The first kappa shape index (κ1) is 33.3. The second-order valence-electron chi connectivity index (χ2n) is 11.1. The van der Waals surface area contributed by atoms with E-state index in [0.717, 1.165) is 36.4 Å². The summed E-state index contributed by atoms with van der Waals surface area (Å²) in [4.78, 5) is 12.4. The van der Waals surface area contributed by atoms with E-state index in [1.165, 1.54) is 24.3 Å². The Morgan fingerprint density at radius 1 is 0.696 bits per heavy atom. The van der Waals surface area contributed by atoms with E-state index in [1.807, 2.05) is 0 Å². The molecule has 0 heterocycles. The molecule has 0 radical (unpaired) electrons. The number of hydrogen-bond donors (Lipinski definition) is 0. The summed E-state index contributed by atoms with van der Waals surface area (Å²) in [7, 11) is -4.22. The van der Waals surface area contributed by atoms with Crippen LogP contribution in [-0.2, 0) is 31.5 Å². The maximum Gasteiger partial charge on any atom is 0.430 e. The van der Waals surface area contributed by atoms with Gasteiger partial charge >= 0.3 is 12.4 Å². The Balaban J connectivity index is 1.48. The SMILES string of the molecule is O=C(c1ccccc1)c1ccc(COC(c2ccc(C3(S(=O)(=O)c4ccc(F)cc4)CCCC3)cc2)(C(F)(F)F)C(F)(F)F)cc1. The van der Waals surface area contributed by atoms with Crippen molar-refractivity contribution >= 4 is 15.6 Å². The molecule has 1 aliphatic carbocycles. The van der Waals surface area contributed by atoms with Crippen LogP contribution in [0.25, 0.3) is 0 Å². The molecule has 0 unspecified atom stereocenters. The van der Waals surface area contributed by atoms with Gasteiger partial charge in [0.1, 0.15) is 10.6 Å². The van der Waals surface area contributed by atoms with Gasteiger partial charge in [0.2, 0.25) is 0 Å². The molecule has 4 aromatic carbocycles. The van der Waals surface area contributed by atoms with Gasteiger partial charge in [-0.25, -0.2) is 12.8 Å². The van der Waals surface area contributed by atoms with Gasteiger partial charge in [-0.2, -0.15) is 26.3 Å². The van der Waals surface area contributed by atoms with Crippen molar-refractivity contribution in [2.24, 2.45) is 0 Å². The molecule has 4 aromatic rings. The molecule has 0 atom stereocenters. The summed E-state index contributed by atoms with van der Waals surface area (Å²) in [6, 6.07) is 20.3. The minimum atomic E-state index is -5.97. The van der Waals surface area contributed by atoms with Crippen LogP contribution in [0.2, 0.25) is 0 Å². The zero-order valence-corrected chi connectivity index (χ0v) is 24.9. The molecule has 0 aromatic heterocycles. The van der Waals surface area contributed by atoms with Gasteiger partial charge in [0.25, 0.3) is 5.60 Å². The van der Waals surface area contributed by atoms with Crippen LogP contribution in [0.15, 0.2) is 108 Å². The average molecular weight is 665 g/mol. The minimum absolute atomic E-state index is 0.0231. The molecule has 0 spiro atoms. The number of hydrogen-bond acceptors (Lipinski definition) is 4. The zero-order valence-electron chi connectivity index (χ0n) is 24.0. The maximum atomic E-state index is 14.5. The average Bonchev–Trinajstić information content (AvgIpc) is 3.53. The first-order valence-corrected chi connectivity index (χ1v) is 15.7. The first-order valence-electron chi connectivity index (χ1n) is 14.2. The molecular weight excluding hydrogens is 637 g/mol. The number of alkyl halides is 6. The summed E-state index contributed by atoms with van der Waals surface area (Å²) in [6.45, 7) is -1.11. The highest BCUT2D eigenvalue weighted by molar-refractivity contribution is 7.92. The molecule has 0 aliphatic heterocycles. The predicted molar refractivity (Wildman–Crippen MR) is 155 cm³/mol. The smallest absolute Gasteiger partial charge is 0.349 e. The van der Waals surface area contributed by atoms with E-state index in [0.29, 0.717) is 30.5 Å². The minimum Gasteiger partial charge on any atom is -0.349 e. The highest BCUT2D eigenvalue weighted by atomic mass is 32.2. The summed E-state index contributed by atoms with van der Waals surface area (Å²) in [5.41, 5.74) is -5.52. The molecule has 46 heavy (non-hydrogen) atoms. The Bertz CT molecular complexity index is 1760. The van der Waals surface area contributed by atoms with Gasteiger partial charge in [-0.3, -0.25) is 4.79 Å². The number of ketones is 1. The lowest BCUT2D eigenvalue weighted by molar-refractivity contribution is -0.392. The molecule has 0 bridgehead atoms. The van der Waals surface area contributed by atoms with Gasteiger partial charge in [-0.05, 0) is 48.2 Å². The fourth-order valence-corrected chi connectivity index (χ4v) is 8.16. The van der Waals surface area contributed by atoms with Crippen molar-refractivity contribution in [2.75, 3.05) is 0 Å². The van der Waals surface area contributed by atoms with Gasteiger partial charge < -0.3 is 4.74 Å². The molecule has 0 saturated heterocycles. The molecule has 1 saturated carbocycles. The van der Waals surface area contributed by atoms with E-state index in [2.05, 4.69) is 0 Å². The lowest BCUT2D eigenvalue weighted by Gasteiger charge is -2.38. The third kappa shape index (κ3) is 5.84. The third-order valence-corrected chi connectivity index (χ3v) is 10.9. The molecule has 0 amide bonds. The second kappa shape index (κ2) is 12.3. The molecule has 12 heteroatoms. The van der Waals surface area contributed by atoms with Crippen molar-refractivity contribution in [1.82, 2.24) is 0 Å². The Labute approximate surface area is 260 Å². The van der Waals surface area contributed by atoms with Crippen LogP contribution < -0.4 is 0 Å². The molecule has 5 rings (SSSR count). The highest BCUT2D eigenvalue weighted by Gasteiger charge is 2.73. The Kier molecular flexibility index (Phi) is 8.91.